The van der Waals surface area contributed by atoms with Crippen molar-refractivity contribution in [3.05, 3.63) is 59.7 Å². The molecule has 1 heterocycles. The largest absolute Gasteiger partial charge is 0.416 e. The van der Waals surface area contributed by atoms with Crippen LogP contribution < -0.4 is 15.5 Å². The van der Waals surface area contributed by atoms with E-state index in [1.54, 1.807) is 11.0 Å². The van der Waals surface area contributed by atoms with E-state index in [1.807, 2.05) is 43.0 Å². The molecule has 0 aliphatic carbocycles. The lowest BCUT2D eigenvalue weighted by Gasteiger charge is -2.38. The molecule has 1 fully saturated rings. The van der Waals surface area contributed by atoms with E-state index in [4.69, 9.17) is 0 Å². The summed E-state index contributed by atoms with van der Waals surface area (Å²) < 4.78 is 39.2. The van der Waals surface area contributed by atoms with Crippen LogP contribution in [-0.2, 0) is 17.4 Å². The van der Waals surface area contributed by atoms with Crippen LogP contribution in [0.1, 0.15) is 38.3 Å². The number of carbonyl (C=O) groups excluding carboxylic acids is 2. The average molecular weight is 491 g/mol. The molecule has 3 amide bonds. The number of halogens is 3. The lowest BCUT2D eigenvalue weighted by molar-refractivity contribution is -0.137. The van der Waals surface area contributed by atoms with Crippen LogP contribution in [0.5, 0.6) is 0 Å². The van der Waals surface area contributed by atoms with Crippen molar-refractivity contribution in [1.82, 2.24) is 10.2 Å². The Morgan fingerprint density at radius 2 is 1.66 bits per heavy atom. The van der Waals surface area contributed by atoms with Gasteiger partial charge in [0.1, 0.15) is 6.04 Å². The number of hydrogen-bond acceptors (Lipinski definition) is 3. The molecule has 190 valence electrons. The standard InChI is InChI=1S/C26H33F3N4O2/c1-4-18(3)23(31-25(35)30-21-11-9-19(5-2)10-12-21)24(34)33-15-13-32(14-16-33)22-8-6-7-20(17-22)26(27,28)29/h6-12,17-18,23H,4-5,13-16H2,1-3H3,(H2,30,31,35). The molecule has 3 rings (SSSR count). The summed E-state index contributed by atoms with van der Waals surface area (Å²) in [6, 6.07) is 11.6. The van der Waals surface area contributed by atoms with Gasteiger partial charge in [-0.1, -0.05) is 45.4 Å². The Morgan fingerprint density at radius 1 is 1.00 bits per heavy atom. The fraction of sp³-hybridized carbons (Fsp3) is 0.462. The molecule has 2 atom stereocenters. The lowest BCUT2D eigenvalue weighted by atomic mass is 9.97. The molecule has 2 unspecified atom stereocenters. The molecule has 35 heavy (non-hydrogen) atoms. The number of hydrogen-bond donors (Lipinski definition) is 2. The number of nitrogens with one attached hydrogen (secondary N) is 2. The summed E-state index contributed by atoms with van der Waals surface area (Å²) in [6.07, 6.45) is -2.80. The van der Waals surface area contributed by atoms with Crippen molar-refractivity contribution in [2.75, 3.05) is 36.4 Å². The van der Waals surface area contributed by atoms with Gasteiger partial charge in [-0.2, -0.15) is 13.2 Å². The molecule has 9 heteroatoms. The number of piperazine rings is 1. The Bertz CT molecular complexity index is 1000. The normalized spacial score (nSPS) is 15.9. The number of amides is 3. The van der Waals surface area contributed by atoms with Crippen molar-refractivity contribution < 1.29 is 22.8 Å². The van der Waals surface area contributed by atoms with Gasteiger partial charge in [-0.3, -0.25) is 4.79 Å². The first kappa shape index (κ1) is 26.4. The van der Waals surface area contributed by atoms with Gasteiger partial charge >= 0.3 is 12.2 Å². The molecule has 1 saturated heterocycles. The highest BCUT2D eigenvalue weighted by Gasteiger charge is 2.33. The van der Waals surface area contributed by atoms with Crippen molar-refractivity contribution in [3.63, 3.8) is 0 Å². The van der Waals surface area contributed by atoms with Crippen LogP contribution in [0, 0.1) is 5.92 Å². The molecule has 1 aliphatic rings. The van der Waals surface area contributed by atoms with Crippen LogP contribution in [-0.4, -0.2) is 49.1 Å². The van der Waals surface area contributed by atoms with E-state index in [1.165, 1.54) is 6.07 Å². The minimum Gasteiger partial charge on any atom is -0.368 e. The van der Waals surface area contributed by atoms with Gasteiger partial charge in [0.05, 0.1) is 5.56 Å². The number of benzene rings is 2. The van der Waals surface area contributed by atoms with Crippen LogP contribution in [0.25, 0.3) is 0 Å². The summed E-state index contributed by atoms with van der Waals surface area (Å²) in [7, 11) is 0. The second-order valence-electron chi connectivity index (χ2n) is 8.87. The zero-order chi connectivity index (χ0) is 25.6. The van der Waals surface area contributed by atoms with Crippen molar-refractivity contribution in [1.29, 1.82) is 0 Å². The number of nitrogens with zero attached hydrogens (tertiary/aromatic N) is 2. The van der Waals surface area contributed by atoms with E-state index >= 15 is 0 Å². The van der Waals surface area contributed by atoms with Crippen LogP contribution in [0.2, 0.25) is 0 Å². The smallest absolute Gasteiger partial charge is 0.368 e. The van der Waals surface area contributed by atoms with Crippen molar-refractivity contribution >= 4 is 23.3 Å². The maximum absolute atomic E-state index is 13.3. The second kappa shape index (κ2) is 11.5. The zero-order valence-corrected chi connectivity index (χ0v) is 20.4. The van der Waals surface area contributed by atoms with Crippen LogP contribution in [0.3, 0.4) is 0 Å². The van der Waals surface area contributed by atoms with Crippen molar-refractivity contribution in [2.24, 2.45) is 5.92 Å². The highest BCUT2D eigenvalue weighted by atomic mass is 19.4. The molecule has 1 aliphatic heterocycles. The summed E-state index contributed by atoms with van der Waals surface area (Å²) in [4.78, 5) is 29.5. The number of rotatable bonds is 7. The minimum atomic E-state index is -4.40. The summed E-state index contributed by atoms with van der Waals surface area (Å²) in [5, 5.41) is 5.61. The predicted octanol–water partition coefficient (Wildman–Crippen LogP) is 5.15. The Hall–Kier alpha value is -3.23. The SMILES string of the molecule is CCc1ccc(NC(=O)NC(C(=O)N2CCN(c3cccc(C(F)(F)F)c3)CC2)C(C)CC)cc1. The molecule has 0 saturated carbocycles. The number of urea groups is 1. The summed E-state index contributed by atoms with van der Waals surface area (Å²) in [6.45, 7) is 7.48. The molecule has 2 aromatic rings. The number of aryl methyl sites for hydroxylation is 1. The summed E-state index contributed by atoms with van der Waals surface area (Å²) in [5.41, 5.74) is 1.60. The molecule has 2 N–H and O–H groups in total. The third kappa shape index (κ3) is 6.90. The zero-order valence-electron chi connectivity index (χ0n) is 20.4. The lowest BCUT2D eigenvalue weighted by Crippen LogP contribution is -2.57. The molecule has 0 bridgehead atoms. The average Bonchev–Trinajstić information content (AvgIpc) is 2.86. The van der Waals surface area contributed by atoms with E-state index in [2.05, 4.69) is 17.6 Å². The molecule has 0 aromatic heterocycles. The predicted molar refractivity (Wildman–Crippen MR) is 131 cm³/mol. The van der Waals surface area contributed by atoms with Gasteiger partial charge in [-0.15, -0.1) is 0 Å². The molecule has 0 spiro atoms. The topological polar surface area (TPSA) is 64.7 Å². The van der Waals surface area contributed by atoms with Gasteiger partial charge in [-0.25, -0.2) is 4.79 Å². The van der Waals surface area contributed by atoms with E-state index in [9.17, 15) is 22.8 Å². The Kier molecular flexibility index (Phi) is 8.64. The van der Waals surface area contributed by atoms with Gasteiger partial charge in [0.2, 0.25) is 5.91 Å². The maximum atomic E-state index is 13.3. The first-order valence-electron chi connectivity index (χ1n) is 12.0. The first-order chi connectivity index (χ1) is 16.6. The molecule has 0 radical (unpaired) electrons. The van der Waals surface area contributed by atoms with Gasteiger partial charge in [-0.05, 0) is 48.2 Å². The van der Waals surface area contributed by atoms with E-state index < -0.39 is 23.8 Å². The number of alkyl halides is 3. The van der Waals surface area contributed by atoms with Crippen LogP contribution in [0.15, 0.2) is 48.5 Å². The minimum absolute atomic E-state index is 0.0859. The monoisotopic (exact) mass is 490 g/mol. The van der Waals surface area contributed by atoms with Gasteiger partial charge < -0.3 is 20.4 Å². The molecule has 6 nitrogen and oxygen atoms in total. The van der Waals surface area contributed by atoms with E-state index in [0.29, 0.717) is 44.0 Å². The fourth-order valence-electron chi connectivity index (χ4n) is 4.08. The van der Waals surface area contributed by atoms with Crippen molar-refractivity contribution in [3.8, 4) is 0 Å². The Morgan fingerprint density at radius 3 is 2.23 bits per heavy atom. The quantitative estimate of drug-likeness (QED) is 0.564. The third-order valence-corrected chi connectivity index (χ3v) is 6.52. The summed E-state index contributed by atoms with van der Waals surface area (Å²) in [5.74, 6) is -0.267. The molecular formula is C26H33F3N4O2. The van der Waals surface area contributed by atoms with Crippen LogP contribution in [0.4, 0.5) is 29.3 Å². The van der Waals surface area contributed by atoms with Gasteiger partial charge in [0.25, 0.3) is 0 Å². The maximum Gasteiger partial charge on any atom is 0.416 e. The van der Waals surface area contributed by atoms with E-state index in [-0.39, 0.29) is 11.8 Å². The summed E-state index contributed by atoms with van der Waals surface area (Å²) >= 11 is 0. The molecular weight excluding hydrogens is 457 g/mol. The highest BCUT2D eigenvalue weighted by molar-refractivity contribution is 5.94. The third-order valence-electron chi connectivity index (χ3n) is 6.52. The number of carbonyl (C=O) groups is 2. The Balaban J connectivity index is 1.61. The number of anilines is 2. The van der Waals surface area contributed by atoms with Gasteiger partial charge in [0.15, 0.2) is 0 Å². The van der Waals surface area contributed by atoms with E-state index in [0.717, 1.165) is 24.1 Å². The molecule has 2 aromatic carbocycles. The first-order valence-corrected chi connectivity index (χ1v) is 12.0. The van der Waals surface area contributed by atoms with Crippen molar-refractivity contribution in [2.45, 2.75) is 45.8 Å². The van der Waals surface area contributed by atoms with Crippen LogP contribution >= 0.6 is 0 Å². The highest BCUT2D eigenvalue weighted by Crippen LogP contribution is 2.32. The fourth-order valence-corrected chi connectivity index (χ4v) is 4.08. The Labute approximate surface area is 204 Å². The second-order valence-corrected chi connectivity index (χ2v) is 8.87. The van der Waals surface area contributed by atoms with Gasteiger partial charge in [0, 0.05) is 37.6 Å².